The second-order valence-electron chi connectivity index (χ2n) is 9.90. The number of ether oxygens (including phenoxy) is 1. The quantitative estimate of drug-likeness (QED) is 0.165. The van der Waals surface area contributed by atoms with Crippen LogP contribution in [0.3, 0.4) is 0 Å². The molecule has 190 valence electrons. The minimum Gasteiger partial charge on any atom is -0.361 e. The molecule has 3 rings (SSSR count). The monoisotopic (exact) mass is 526 g/mol. The number of Topliss-reactive ketones (excluding diaryl/α,β-unsaturated/α-hetero) is 1. The van der Waals surface area contributed by atoms with E-state index in [0.29, 0.717) is 29.4 Å². The lowest BCUT2D eigenvalue weighted by Crippen LogP contribution is -2.43. The molecule has 11 heteroatoms. The Kier molecular flexibility index (Phi) is 8.84. The van der Waals surface area contributed by atoms with Crippen LogP contribution in [0.15, 0.2) is 36.7 Å². The van der Waals surface area contributed by atoms with Crippen LogP contribution in [-0.2, 0) is 11.3 Å². The van der Waals surface area contributed by atoms with E-state index < -0.39 is 8.07 Å². The first-order valence-electron chi connectivity index (χ1n) is 11.7. The molecule has 36 heavy (non-hydrogen) atoms. The molecular formula is C25H31ClN6O3Si. The van der Waals surface area contributed by atoms with Crippen LogP contribution in [-0.4, -0.2) is 63.8 Å². The van der Waals surface area contributed by atoms with Crippen molar-refractivity contribution in [2.75, 3.05) is 13.3 Å². The number of benzene rings is 1. The molecule has 0 unspecified atom stereocenters. The van der Waals surface area contributed by atoms with Gasteiger partial charge in [-0.25, -0.2) is 4.98 Å². The van der Waals surface area contributed by atoms with Gasteiger partial charge in [-0.1, -0.05) is 37.3 Å². The summed E-state index contributed by atoms with van der Waals surface area (Å²) >= 11 is 6.17. The highest BCUT2D eigenvalue weighted by molar-refractivity contribution is 6.76. The topological polar surface area (TPSA) is 117 Å². The summed E-state index contributed by atoms with van der Waals surface area (Å²) in [5.74, 6) is -0.405. The molecule has 0 aliphatic carbocycles. The van der Waals surface area contributed by atoms with Crippen molar-refractivity contribution < 1.29 is 14.3 Å². The molecule has 0 fully saturated rings. The fourth-order valence-corrected chi connectivity index (χ4v) is 4.42. The Morgan fingerprint density at radius 3 is 2.67 bits per heavy atom. The highest BCUT2D eigenvalue weighted by atomic mass is 35.5. The van der Waals surface area contributed by atoms with Crippen molar-refractivity contribution in [3.63, 3.8) is 0 Å². The van der Waals surface area contributed by atoms with Crippen molar-refractivity contribution in [2.24, 2.45) is 0 Å². The fourth-order valence-electron chi connectivity index (χ4n) is 3.44. The van der Waals surface area contributed by atoms with Crippen LogP contribution in [0.1, 0.15) is 40.5 Å². The second kappa shape index (κ2) is 11.6. The van der Waals surface area contributed by atoms with E-state index >= 15 is 0 Å². The fraction of sp³-hybridized carbons (Fsp3) is 0.400. The van der Waals surface area contributed by atoms with Crippen molar-refractivity contribution in [1.29, 1.82) is 5.26 Å². The number of hydrogen-bond donors (Lipinski definition) is 1. The highest BCUT2D eigenvalue weighted by Gasteiger charge is 2.25. The molecule has 3 aromatic rings. The molecule has 1 aromatic carbocycles. The highest BCUT2D eigenvalue weighted by Crippen LogP contribution is 2.24. The number of nitrogens with zero attached hydrogens (tertiary/aromatic N) is 5. The van der Waals surface area contributed by atoms with Gasteiger partial charge in [0.15, 0.2) is 11.6 Å². The van der Waals surface area contributed by atoms with Crippen molar-refractivity contribution in [3.8, 4) is 17.3 Å². The summed E-state index contributed by atoms with van der Waals surface area (Å²) in [4.78, 5) is 33.4. The second-order valence-corrected chi connectivity index (χ2v) is 15.9. The van der Waals surface area contributed by atoms with Crippen LogP contribution in [0.5, 0.6) is 0 Å². The van der Waals surface area contributed by atoms with Crippen molar-refractivity contribution >= 4 is 31.4 Å². The van der Waals surface area contributed by atoms with Crippen LogP contribution < -0.4 is 0 Å². The van der Waals surface area contributed by atoms with Crippen molar-refractivity contribution in [3.05, 3.63) is 58.8 Å². The molecule has 0 saturated heterocycles. The minimum absolute atomic E-state index is 0.109. The molecule has 0 saturated carbocycles. The van der Waals surface area contributed by atoms with Gasteiger partial charge in [0.05, 0.1) is 35.1 Å². The predicted octanol–water partition coefficient (Wildman–Crippen LogP) is 4.84. The van der Waals surface area contributed by atoms with Crippen molar-refractivity contribution in [1.82, 2.24) is 24.6 Å². The van der Waals surface area contributed by atoms with Crippen LogP contribution in [0, 0.1) is 11.3 Å². The van der Waals surface area contributed by atoms with Gasteiger partial charge in [0.1, 0.15) is 18.5 Å². The molecule has 2 heterocycles. The summed E-state index contributed by atoms with van der Waals surface area (Å²) in [6.07, 6.45) is 3.21. The zero-order valence-electron chi connectivity index (χ0n) is 21.2. The number of aromatic nitrogens is 4. The minimum atomic E-state index is -1.28. The van der Waals surface area contributed by atoms with E-state index in [0.717, 1.165) is 11.6 Å². The number of carbonyl (C=O) groups is 2. The number of H-pyrrole nitrogens is 1. The van der Waals surface area contributed by atoms with Gasteiger partial charge in [-0.2, -0.15) is 10.4 Å². The lowest BCUT2D eigenvalue weighted by molar-refractivity contribution is 0.0109. The van der Waals surface area contributed by atoms with E-state index in [-0.39, 0.29) is 36.0 Å². The van der Waals surface area contributed by atoms with Gasteiger partial charge in [-0.3, -0.25) is 14.3 Å². The maximum absolute atomic E-state index is 13.3. The zero-order valence-corrected chi connectivity index (χ0v) is 23.0. The largest absolute Gasteiger partial charge is 0.361 e. The van der Waals surface area contributed by atoms with Gasteiger partial charge in [-0.05, 0) is 31.2 Å². The zero-order chi connectivity index (χ0) is 26.5. The third kappa shape index (κ3) is 7.13. The number of amides is 1. The molecule has 1 N–H and O–H groups in total. The number of imidazole rings is 1. The molecule has 2 aromatic heterocycles. The summed E-state index contributed by atoms with van der Waals surface area (Å²) in [6.45, 7) is 11.2. The first kappa shape index (κ1) is 27.3. The standard InChI is InChI=1S/C25H31ClN6O3Si/c1-17(15-31-9-8-22(30-31)19-6-7-20(13-27)21(26)12-19)32(16-35-10-11-36(3,4)5)25(34)23-14-28-24(29-23)18(2)33/h6-9,12,14,17H,10-11,15-16H2,1-5H3,(H,28,29)/t17-/m0/s1. The van der Waals surface area contributed by atoms with Crippen LogP contribution >= 0.6 is 11.6 Å². The lowest BCUT2D eigenvalue weighted by atomic mass is 10.1. The number of nitriles is 1. The van der Waals surface area contributed by atoms with E-state index in [2.05, 4.69) is 34.7 Å². The Morgan fingerprint density at radius 2 is 2.06 bits per heavy atom. The van der Waals surface area contributed by atoms with Crippen LogP contribution in [0.2, 0.25) is 30.7 Å². The van der Waals surface area contributed by atoms with E-state index in [1.54, 1.807) is 27.8 Å². The van der Waals surface area contributed by atoms with Gasteiger partial charge in [0.2, 0.25) is 0 Å². The number of halogens is 1. The molecule has 9 nitrogen and oxygen atoms in total. The van der Waals surface area contributed by atoms with Crippen molar-refractivity contribution in [2.45, 2.75) is 52.1 Å². The summed E-state index contributed by atoms with van der Waals surface area (Å²) in [5.41, 5.74) is 2.14. The first-order chi connectivity index (χ1) is 17.0. The SMILES string of the molecule is CC(=O)c1ncc(C(=O)N(COCC[Si](C)(C)C)[C@@H](C)Cn2ccc(-c3ccc(C#N)c(Cl)c3)n2)[nH]1. The van der Waals surface area contributed by atoms with Gasteiger partial charge in [0.25, 0.3) is 5.91 Å². The molecular weight excluding hydrogens is 496 g/mol. The number of nitrogens with one attached hydrogen (secondary N) is 1. The van der Waals surface area contributed by atoms with E-state index in [1.165, 1.54) is 13.1 Å². The Morgan fingerprint density at radius 1 is 1.31 bits per heavy atom. The summed E-state index contributed by atoms with van der Waals surface area (Å²) in [5, 5.41) is 14.1. The Balaban J connectivity index is 1.76. The van der Waals surface area contributed by atoms with Crippen LogP contribution in [0.25, 0.3) is 11.3 Å². The third-order valence-corrected chi connectivity index (χ3v) is 7.65. The number of rotatable bonds is 11. The average molecular weight is 527 g/mol. The number of carbonyl (C=O) groups excluding carboxylic acids is 2. The first-order valence-corrected chi connectivity index (χ1v) is 15.7. The maximum Gasteiger partial charge on any atom is 0.274 e. The van der Waals surface area contributed by atoms with E-state index in [9.17, 15) is 9.59 Å². The lowest BCUT2D eigenvalue weighted by Gasteiger charge is -2.29. The van der Waals surface area contributed by atoms with Gasteiger partial charge in [-0.15, -0.1) is 0 Å². The average Bonchev–Trinajstić information content (AvgIpc) is 3.48. The Labute approximate surface area is 217 Å². The van der Waals surface area contributed by atoms with E-state index in [1.807, 2.05) is 25.3 Å². The van der Waals surface area contributed by atoms with Gasteiger partial charge < -0.3 is 14.6 Å². The van der Waals surface area contributed by atoms with Gasteiger partial charge in [0, 0.05) is 33.4 Å². The molecule has 1 amide bonds. The molecule has 0 bridgehead atoms. The molecule has 0 spiro atoms. The maximum atomic E-state index is 13.3. The number of aromatic amines is 1. The summed E-state index contributed by atoms with van der Waals surface area (Å²) < 4.78 is 7.66. The number of ketones is 1. The third-order valence-electron chi connectivity index (χ3n) is 5.64. The normalized spacial score (nSPS) is 12.2. The number of hydrogen-bond acceptors (Lipinski definition) is 6. The predicted molar refractivity (Wildman–Crippen MR) is 141 cm³/mol. The molecule has 0 aliphatic heterocycles. The smallest absolute Gasteiger partial charge is 0.274 e. The summed E-state index contributed by atoms with van der Waals surface area (Å²) in [7, 11) is -1.28. The summed E-state index contributed by atoms with van der Waals surface area (Å²) in [6, 6.07) is 9.79. The molecule has 1 atom stereocenters. The van der Waals surface area contributed by atoms with Crippen LogP contribution in [0.4, 0.5) is 0 Å². The Bertz CT molecular complexity index is 1270. The Hall–Kier alpha value is -3.26. The van der Waals surface area contributed by atoms with E-state index in [4.69, 9.17) is 21.6 Å². The molecule has 0 aliphatic rings. The van der Waals surface area contributed by atoms with Gasteiger partial charge >= 0.3 is 0 Å². The molecule has 0 radical (unpaired) electrons.